The second-order valence-corrected chi connectivity index (χ2v) is 10.1. The lowest BCUT2D eigenvalue weighted by Crippen LogP contribution is -2.37. The zero-order valence-corrected chi connectivity index (χ0v) is 19.8. The first-order valence-corrected chi connectivity index (χ1v) is 11.7. The molecule has 2 rings (SSSR count). The number of nitrogens with one attached hydrogen (secondary N) is 1. The van der Waals surface area contributed by atoms with Gasteiger partial charge in [0.15, 0.2) is 11.5 Å². The van der Waals surface area contributed by atoms with Gasteiger partial charge in [-0.2, -0.15) is 4.31 Å². The van der Waals surface area contributed by atoms with Crippen LogP contribution in [0.25, 0.3) is 0 Å². The van der Waals surface area contributed by atoms with Crippen LogP contribution in [-0.4, -0.2) is 45.9 Å². The lowest BCUT2D eigenvalue weighted by atomic mass is 10.2. The van der Waals surface area contributed by atoms with E-state index >= 15 is 0 Å². The summed E-state index contributed by atoms with van der Waals surface area (Å²) in [7, 11) is -0.590. The summed E-state index contributed by atoms with van der Waals surface area (Å²) >= 11 is 0. The summed E-state index contributed by atoms with van der Waals surface area (Å²) in [4.78, 5) is 12.8. The molecule has 0 unspecified atom stereocenters. The van der Waals surface area contributed by atoms with Gasteiger partial charge in [0.1, 0.15) is 0 Å². The van der Waals surface area contributed by atoms with Crippen molar-refractivity contribution in [3.63, 3.8) is 0 Å². The summed E-state index contributed by atoms with van der Waals surface area (Å²) in [5.74, 6) is 1.08. The molecular formula is C23H32N2O5S. The fraction of sp³-hybridized carbons (Fsp3) is 0.435. The predicted molar refractivity (Wildman–Crippen MR) is 122 cm³/mol. The quantitative estimate of drug-likeness (QED) is 0.587. The Bertz CT molecular complexity index is 976. The Balaban J connectivity index is 2.19. The van der Waals surface area contributed by atoms with Crippen molar-refractivity contribution in [1.29, 1.82) is 0 Å². The molecule has 0 aliphatic rings. The number of anilines is 1. The Morgan fingerprint density at radius 1 is 0.903 bits per heavy atom. The van der Waals surface area contributed by atoms with Crippen molar-refractivity contribution in [2.24, 2.45) is 11.8 Å². The molecule has 0 aliphatic heterocycles. The SMILES string of the molecule is COc1ccc(C(=O)Nc2ccc(S(=O)(=O)N(CC(C)C)CC(C)C)cc2)cc1OC. The summed E-state index contributed by atoms with van der Waals surface area (Å²) in [5, 5.41) is 2.78. The van der Waals surface area contributed by atoms with Crippen LogP contribution in [0, 0.1) is 11.8 Å². The molecule has 0 aromatic heterocycles. The molecule has 1 N–H and O–H groups in total. The van der Waals surface area contributed by atoms with Gasteiger partial charge in [0.05, 0.1) is 19.1 Å². The van der Waals surface area contributed by atoms with Crippen LogP contribution in [0.4, 0.5) is 5.69 Å². The number of carbonyl (C=O) groups excluding carboxylic acids is 1. The van der Waals surface area contributed by atoms with E-state index in [1.165, 1.54) is 30.7 Å². The Labute approximate surface area is 185 Å². The Kier molecular flexibility index (Phi) is 8.47. The van der Waals surface area contributed by atoms with Crippen LogP contribution in [-0.2, 0) is 10.0 Å². The van der Waals surface area contributed by atoms with Crippen molar-refractivity contribution in [3.05, 3.63) is 48.0 Å². The zero-order chi connectivity index (χ0) is 23.2. The van der Waals surface area contributed by atoms with E-state index in [0.717, 1.165) is 0 Å². The van der Waals surface area contributed by atoms with Crippen molar-refractivity contribution >= 4 is 21.6 Å². The molecule has 0 spiro atoms. The highest BCUT2D eigenvalue weighted by atomic mass is 32.2. The Morgan fingerprint density at radius 2 is 1.45 bits per heavy atom. The molecule has 31 heavy (non-hydrogen) atoms. The zero-order valence-electron chi connectivity index (χ0n) is 19.0. The molecule has 0 aliphatic carbocycles. The highest BCUT2D eigenvalue weighted by molar-refractivity contribution is 7.89. The maximum Gasteiger partial charge on any atom is 0.255 e. The van der Waals surface area contributed by atoms with Gasteiger partial charge < -0.3 is 14.8 Å². The van der Waals surface area contributed by atoms with Crippen LogP contribution in [0.1, 0.15) is 38.1 Å². The van der Waals surface area contributed by atoms with Gasteiger partial charge in [-0.1, -0.05) is 27.7 Å². The van der Waals surface area contributed by atoms with Crippen LogP contribution < -0.4 is 14.8 Å². The van der Waals surface area contributed by atoms with E-state index in [1.54, 1.807) is 30.3 Å². The van der Waals surface area contributed by atoms with Crippen molar-refractivity contribution < 1.29 is 22.7 Å². The summed E-state index contributed by atoms with van der Waals surface area (Å²) in [6, 6.07) is 11.1. The minimum Gasteiger partial charge on any atom is -0.493 e. The van der Waals surface area contributed by atoms with E-state index < -0.39 is 10.0 Å². The van der Waals surface area contributed by atoms with Crippen LogP contribution >= 0.6 is 0 Å². The fourth-order valence-corrected chi connectivity index (χ4v) is 4.89. The molecule has 0 bridgehead atoms. The lowest BCUT2D eigenvalue weighted by molar-refractivity contribution is 0.102. The van der Waals surface area contributed by atoms with Gasteiger partial charge >= 0.3 is 0 Å². The molecule has 0 saturated heterocycles. The van der Waals surface area contributed by atoms with E-state index in [9.17, 15) is 13.2 Å². The molecule has 7 nitrogen and oxygen atoms in total. The highest BCUT2D eigenvalue weighted by Crippen LogP contribution is 2.28. The van der Waals surface area contributed by atoms with Gasteiger partial charge in [-0.25, -0.2) is 8.42 Å². The van der Waals surface area contributed by atoms with Crippen LogP contribution in [0.2, 0.25) is 0 Å². The van der Waals surface area contributed by atoms with Crippen molar-refractivity contribution in [1.82, 2.24) is 4.31 Å². The minimum absolute atomic E-state index is 0.206. The van der Waals surface area contributed by atoms with E-state index in [2.05, 4.69) is 5.32 Å². The molecular weight excluding hydrogens is 416 g/mol. The highest BCUT2D eigenvalue weighted by Gasteiger charge is 2.26. The van der Waals surface area contributed by atoms with Gasteiger partial charge in [0.2, 0.25) is 10.0 Å². The number of hydrogen-bond donors (Lipinski definition) is 1. The van der Waals surface area contributed by atoms with Crippen LogP contribution in [0.3, 0.4) is 0 Å². The summed E-state index contributed by atoms with van der Waals surface area (Å²) < 4.78 is 38.1. The molecule has 2 aromatic carbocycles. The molecule has 0 radical (unpaired) electrons. The topological polar surface area (TPSA) is 84.9 Å². The van der Waals surface area contributed by atoms with E-state index in [0.29, 0.717) is 35.8 Å². The number of rotatable bonds is 10. The van der Waals surface area contributed by atoms with E-state index in [4.69, 9.17) is 9.47 Å². The minimum atomic E-state index is -3.62. The molecule has 1 amide bonds. The number of hydrogen-bond acceptors (Lipinski definition) is 5. The van der Waals surface area contributed by atoms with Crippen molar-refractivity contribution in [2.45, 2.75) is 32.6 Å². The van der Waals surface area contributed by atoms with Gasteiger partial charge in [-0.15, -0.1) is 0 Å². The predicted octanol–water partition coefficient (Wildman–Crippen LogP) is 4.26. The largest absolute Gasteiger partial charge is 0.493 e. The monoisotopic (exact) mass is 448 g/mol. The fourth-order valence-electron chi connectivity index (χ4n) is 3.13. The number of benzene rings is 2. The van der Waals surface area contributed by atoms with Crippen LogP contribution in [0.5, 0.6) is 11.5 Å². The second kappa shape index (κ2) is 10.6. The smallest absolute Gasteiger partial charge is 0.255 e. The second-order valence-electron chi connectivity index (χ2n) is 8.16. The van der Waals surface area contributed by atoms with Crippen molar-refractivity contribution in [2.75, 3.05) is 32.6 Å². The number of methoxy groups -OCH3 is 2. The molecule has 2 aromatic rings. The average Bonchev–Trinajstić information content (AvgIpc) is 2.72. The van der Waals surface area contributed by atoms with Gasteiger partial charge in [-0.05, 0) is 54.3 Å². The van der Waals surface area contributed by atoms with E-state index in [-0.39, 0.29) is 22.6 Å². The summed E-state index contributed by atoms with van der Waals surface area (Å²) in [5.41, 5.74) is 0.896. The van der Waals surface area contributed by atoms with Gasteiger partial charge in [-0.3, -0.25) is 4.79 Å². The molecule has 0 fully saturated rings. The molecule has 0 heterocycles. The summed E-state index contributed by atoms with van der Waals surface area (Å²) in [6.07, 6.45) is 0. The standard InChI is InChI=1S/C23H32N2O5S/c1-16(2)14-25(15-17(3)4)31(27,28)20-10-8-19(9-11-20)24-23(26)18-7-12-21(29-5)22(13-18)30-6/h7-13,16-17H,14-15H2,1-6H3,(H,24,26). The third-order valence-corrected chi connectivity index (χ3v) is 6.38. The first kappa shape index (κ1) is 24.7. The third-order valence-electron chi connectivity index (χ3n) is 4.53. The van der Waals surface area contributed by atoms with Crippen molar-refractivity contribution in [3.8, 4) is 11.5 Å². The number of ether oxygens (including phenoxy) is 2. The normalized spacial score (nSPS) is 11.8. The number of nitrogens with zero attached hydrogens (tertiary/aromatic N) is 1. The third kappa shape index (κ3) is 6.45. The van der Waals surface area contributed by atoms with Gasteiger partial charge in [0, 0.05) is 24.3 Å². The summed E-state index contributed by atoms with van der Waals surface area (Å²) in [6.45, 7) is 8.90. The maximum absolute atomic E-state index is 13.1. The number of amides is 1. The first-order valence-electron chi connectivity index (χ1n) is 10.2. The van der Waals surface area contributed by atoms with E-state index in [1.807, 2.05) is 27.7 Å². The van der Waals surface area contributed by atoms with Gasteiger partial charge in [0.25, 0.3) is 5.91 Å². The molecule has 0 saturated carbocycles. The van der Waals surface area contributed by atoms with Crippen LogP contribution in [0.15, 0.2) is 47.4 Å². The number of sulfonamides is 1. The Morgan fingerprint density at radius 3 is 1.94 bits per heavy atom. The Hall–Kier alpha value is -2.58. The lowest BCUT2D eigenvalue weighted by Gasteiger charge is -2.25. The molecule has 0 atom stereocenters. The number of carbonyl (C=O) groups is 1. The average molecular weight is 449 g/mol. The molecule has 8 heteroatoms. The maximum atomic E-state index is 13.1. The molecule has 170 valence electrons. The first-order chi connectivity index (χ1) is 14.6.